The van der Waals surface area contributed by atoms with Crippen LogP contribution < -0.4 is 10.1 Å². The lowest BCUT2D eigenvalue weighted by molar-refractivity contribution is -0.159. The van der Waals surface area contributed by atoms with E-state index in [-0.39, 0.29) is 0 Å². The lowest BCUT2D eigenvalue weighted by atomic mass is 10.2. The quantitative estimate of drug-likeness (QED) is 0.790. The Labute approximate surface area is 156 Å². The summed E-state index contributed by atoms with van der Waals surface area (Å²) in [4.78, 5) is 24.3. The summed E-state index contributed by atoms with van der Waals surface area (Å²) in [6, 6.07) is 16.6. The summed E-state index contributed by atoms with van der Waals surface area (Å²) < 4.78 is 10.6. The maximum Gasteiger partial charge on any atom is 0.347 e. The molecule has 0 aromatic heterocycles. The van der Waals surface area contributed by atoms with Gasteiger partial charge in [0.05, 0.1) is 23.3 Å². The molecule has 0 aliphatic heterocycles. The van der Waals surface area contributed by atoms with E-state index < -0.39 is 24.1 Å². The molecule has 27 heavy (non-hydrogen) atoms. The lowest BCUT2D eigenvalue weighted by Crippen LogP contribution is -2.35. The second-order valence-electron chi connectivity index (χ2n) is 5.66. The van der Waals surface area contributed by atoms with Crippen LogP contribution in [-0.2, 0) is 14.3 Å². The molecule has 0 radical (unpaired) electrons. The van der Waals surface area contributed by atoms with E-state index in [4.69, 9.17) is 20.0 Å². The average molecular weight is 363 g/mol. The number of hydrogen-bond acceptors (Lipinski definition) is 6. The molecule has 2 atom stereocenters. The fourth-order valence-electron chi connectivity index (χ4n) is 2.09. The Bertz CT molecular complexity index is 910. The molecule has 1 N–H and O–H groups in total. The molecule has 1 amide bonds. The molecule has 0 aliphatic rings. The minimum absolute atomic E-state index is 0.405. The number of amides is 1. The first-order valence-electron chi connectivity index (χ1n) is 8.11. The smallest absolute Gasteiger partial charge is 0.347 e. The van der Waals surface area contributed by atoms with Crippen LogP contribution in [0.2, 0.25) is 0 Å². The Morgan fingerprint density at radius 1 is 0.963 bits per heavy atom. The van der Waals surface area contributed by atoms with E-state index in [1.807, 2.05) is 12.1 Å². The summed E-state index contributed by atoms with van der Waals surface area (Å²) in [6.07, 6.45) is -1.98. The Morgan fingerprint density at radius 2 is 1.63 bits per heavy atom. The zero-order valence-electron chi connectivity index (χ0n) is 14.8. The van der Waals surface area contributed by atoms with Gasteiger partial charge >= 0.3 is 5.97 Å². The van der Waals surface area contributed by atoms with E-state index >= 15 is 0 Å². The van der Waals surface area contributed by atoms with Crippen molar-refractivity contribution in [2.24, 2.45) is 0 Å². The lowest BCUT2D eigenvalue weighted by Gasteiger charge is -2.18. The van der Waals surface area contributed by atoms with Gasteiger partial charge in [-0.1, -0.05) is 6.07 Å². The molecule has 7 heteroatoms. The van der Waals surface area contributed by atoms with Gasteiger partial charge in [0, 0.05) is 5.69 Å². The number of rotatable bonds is 6. The number of hydrogen-bond donors (Lipinski definition) is 1. The molecule has 0 spiro atoms. The number of anilines is 1. The number of esters is 1. The molecule has 0 saturated carbocycles. The van der Waals surface area contributed by atoms with Crippen molar-refractivity contribution in [1.29, 1.82) is 10.5 Å². The Hall–Kier alpha value is -3.84. The molecule has 7 nitrogen and oxygen atoms in total. The first kappa shape index (κ1) is 19.5. The van der Waals surface area contributed by atoms with Crippen molar-refractivity contribution in [2.45, 2.75) is 26.1 Å². The van der Waals surface area contributed by atoms with E-state index in [0.29, 0.717) is 22.6 Å². The predicted molar refractivity (Wildman–Crippen MR) is 96.6 cm³/mol. The monoisotopic (exact) mass is 363 g/mol. The zero-order valence-corrected chi connectivity index (χ0v) is 14.8. The van der Waals surface area contributed by atoms with Crippen LogP contribution in [0.4, 0.5) is 5.69 Å². The number of benzene rings is 2. The second kappa shape index (κ2) is 9.02. The van der Waals surface area contributed by atoms with Crippen molar-refractivity contribution >= 4 is 17.6 Å². The molecule has 136 valence electrons. The maximum absolute atomic E-state index is 12.2. The molecule has 2 rings (SSSR count). The SMILES string of the molecule is C[C@@H](OC(=O)[C@@H](C)Oc1ccc(C#N)cc1)C(=O)Nc1cccc(C#N)c1. The van der Waals surface area contributed by atoms with E-state index in [1.54, 1.807) is 42.5 Å². The number of ether oxygens (including phenoxy) is 2. The molecule has 2 aromatic carbocycles. The maximum atomic E-state index is 12.2. The third kappa shape index (κ3) is 5.58. The Morgan fingerprint density at radius 3 is 2.26 bits per heavy atom. The number of carbonyl (C=O) groups is 2. The van der Waals surface area contributed by atoms with Gasteiger partial charge in [-0.25, -0.2) is 4.79 Å². The highest BCUT2D eigenvalue weighted by atomic mass is 16.6. The minimum atomic E-state index is -1.05. The molecule has 0 unspecified atom stereocenters. The minimum Gasteiger partial charge on any atom is -0.479 e. The Balaban J connectivity index is 1.90. The van der Waals surface area contributed by atoms with Crippen molar-refractivity contribution in [3.05, 3.63) is 59.7 Å². The summed E-state index contributed by atoms with van der Waals surface area (Å²) in [5.74, 6) is -0.819. The average Bonchev–Trinajstić information content (AvgIpc) is 2.68. The van der Waals surface area contributed by atoms with Gasteiger partial charge < -0.3 is 14.8 Å². The fourth-order valence-corrected chi connectivity index (χ4v) is 2.09. The van der Waals surface area contributed by atoms with Crippen molar-refractivity contribution in [2.75, 3.05) is 5.32 Å². The van der Waals surface area contributed by atoms with Crippen LogP contribution in [0, 0.1) is 22.7 Å². The summed E-state index contributed by atoms with van der Waals surface area (Å²) in [5, 5.41) is 20.2. The molecule has 0 bridgehead atoms. The molecular weight excluding hydrogens is 346 g/mol. The van der Waals surface area contributed by atoms with E-state index in [9.17, 15) is 9.59 Å². The van der Waals surface area contributed by atoms with Crippen LogP contribution in [0.15, 0.2) is 48.5 Å². The fraction of sp³-hybridized carbons (Fsp3) is 0.200. The Kier molecular flexibility index (Phi) is 6.51. The van der Waals surface area contributed by atoms with Crippen molar-refractivity contribution < 1.29 is 19.1 Å². The van der Waals surface area contributed by atoms with E-state index in [2.05, 4.69) is 5.32 Å². The first-order chi connectivity index (χ1) is 12.9. The van der Waals surface area contributed by atoms with Gasteiger partial charge in [0.15, 0.2) is 12.2 Å². The molecule has 2 aromatic rings. The topological polar surface area (TPSA) is 112 Å². The second-order valence-corrected chi connectivity index (χ2v) is 5.66. The van der Waals surface area contributed by atoms with Gasteiger partial charge in [-0.2, -0.15) is 10.5 Å². The van der Waals surface area contributed by atoms with Crippen molar-refractivity contribution in [1.82, 2.24) is 0 Å². The normalized spacial score (nSPS) is 12.0. The highest BCUT2D eigenvalue weighted by molar-refractivity contribution is 5.95. The largest absolute Gasteiger partial charge is 0.479 e. The molecule has 0 heterocycles. The number of carbonyl (C=O) groups excluding carboxylic acids is 2. The van der Waals surface area contributed by atoms with E-state index in [0.717, 1.165) is 0 Å². The van der Waals surface area contributed by atoms with Gasteiger partial charge in [0.2, 0.25) is 0 Å². The van der Waals surface area contributed by atoms with Crippen LogP contribution in [0.1, 0.15) is 25.0 Å². The molecular formula is C20H17N3O4. The predicted octanol–water partition coefficient (Wildman–Crippen LogP) is 2.77. The molecule has 0 aliphatic carbocycles. The van der Waals surface area contributed by atoms with Gasteiger partial charge in [-0.05, 0) is 56.3 Å². The first-order valence-corrected chi connectivity index (χ1v) is 8.11. The molecule has 0 fully saturated rings. The van der Waals surface area contributed by atoms with Gasteiger partial charge in [-0.3, -0.25) is 4.79 Å². The van der Waals surface area contributed by atoms with Gasteiger partial charge in [0.25, 0.3) is 5.91 Å². The third-order valence-corrected chi connectivity index (χ3v) is 3.55. The number of nitrogens with one attached hydrogen (secondary N) is 1. The van der Waals surface area contributed by atoms with E-state index in [1.165, 1.54) is 19.9 Å². The van der Waals surface area contributed by atoms with Gasteiger partial charge in [-0.15, -0.1) is 0 Å². The summed E-state index contributed by atoms with van der Waals surface area (Å²) >= 11 is 0. The van der Waals surface area contributed by atoms with Crippen LogP contribution in [0.5, 0.6) is 5.75 Å². The van der Waals surface area contributed by atoms with Crippen molar-refractivity contribution in [3.63, 3.8) is 0 Å². The highest BCUT2D eigenvalue weighted by Gasteiger charge is 2.23. The van der Waals surface area contributed by atoms with Crippen LogP contribution in [-0.4, -0.2) is 24.1 Å². The molecule has 0 saturated heterocycles. The van der Waals surface area contributed by atoms with Gasteiger partial charge in [0.1, 0.15) is 5.75 Å². The third-order valence-electron chi connectivity index (χ3n) is 3.55. The van der Waals surface area contributed by atoms with Crippen molar-refractivity contribution in [3.8, 4) is 17.9 Å². The number of nitriles is 2. The zero-order chi connectivity index (χ0) is 19.8. The van der Waals surface area contributed by atoms with Crippen LogP contribution in [0.3, 0.4) is 0 Å². The van der Waals surface area contributed by atoms with Crippen LogP contribution >= 0.6 is 0 Å². The highest BCUT2D eigenvalue weighted by Crippen LogP contribution is 2.15. The summed E-state index contributed by atoms with van der Waals surface area (Å²) in [5.41, 5.74) is 1.31. The summed E-state index contributed by atoms with van der Waals surface area (Å²) in [6.45, 7) is 2.94. The summed E-state index contributed by atoms with van der Waals surface area (Å²) in [7, 11) is 0. The number of nitrogens with zero attached hydrogens (tertiary/aromatic N) is 2. The van der Waals surface area contributed by atoms with Crippen LogP contribution in [0.25, 0.3) is 0 Å². The standard InChI is InChI=1S/C20H17N3O4/c1-13(19(24)23-17-5-3-4-16(10-17)12-22)27-20(25)14(2)26-18-8-6-15(11-21)7-9-18/h3-10,13-14H,1-2H3,(H,23,24)/t13-,14-/m1/s1.